The van der Waals surface area contributed by atoms with Gasteiger partial charge in [-0.25, -0.2) is 4.98 Å². The maximum Gasteiger partial charge on any atom is 0.269 e. The largest absolute Gasteiger partial charge is 0.380 e. The number of hydrogen-bond acceptors (Lipinski definition) is 4. The van der Waals surface area contributed by atoms with E-state index in [9.17, 15) is 4.79 Å². The van der Waals surface area contributed by atoms with Crippen molar-refractivity contribution >= 4 is 5.91 Å². The molecule has 100 valence electrons. The Hall–Kier alpha value is -1.40. The smallest absolute Gasteiger partial charge is 0.269 e. The second-order valence-electron chi connectivity index (χ2n) is 4.80. The molecule has 0 spiro atoms. The minimum atomic E-state index is -0.0816. The topological polar surface area (TPSA) is 59.4 Å². The van der Waals surface area contributed by atoms with Crippen molar-refractivity contribution in [2.24, 2.45) is 13.0 Å². The van der Waals surface area contributed by atoms with Gasteiger partial charge in [0.1, 0.15) is 5.69 Å². The minimum Gasteiger partial charge on any atom is -0.380 e. The van der Waals surface area contributed by atoms with Gasteiger partial charge < -0.3 is 19.5 Å². The van der Waals surface area contributed by atoms with Gasteiger partial charge in [-0.05, 0) is 7.05 Å². The summed E-state index contributed by atoms with van der Waals surface area (Å²) in [6.45, 7) is 4.00. The predicted molar refractivity (Wildman–Crippen MR) is 67.3 cm³/mol. The zero-order chi connectivity index (χ0) is 13.0. The van der Waals surface area contributed by atoms with Crippen LogP contribution in [-0.4, -0.2) is 60.3 Å². The number of nitrogens with one attached hydrogen (secondary N) is 1. The van der Waals surface area contributed by atoms with Gasteiger partial charge >= 0.3 is 0 Å². The molecule has 6 heteroatoms. The first-order valence-electron chi connectivity index (χ1n) is 6.17. The Kier molecular flexibility index (Phi) is 4.33. The molecular formula is C12H20N4O2. The lowest BCUT2D eigenvalue weighted by Crippen LogP contribution is -2.36. The van der Waals surface area contributed by atoms with Crippen LogP contribution in [0.5, 0.6) is 0 Å². The fraction of sp³-hybridized carbons (Fsp3) is 0.667. The number of aromatic nitrogens is 2. The molecule has 6 nitrogen and oxygen atoms in total. The third-order valence-corrected chi connectivity index (χ3v) is 3.14. The Morgan fingerprint density at radius 2 is 2.44 bits per heavy atom. The van der Waals surface area contributed by atoms with Crippen molar-refractivity contribution in [3.8, 4) is 0 Å². The molecule has 0 aliphatic carbocycles. The second kappa shape index (κ2) is 5.97. The number of hydrogen-bond donors (Lipinski definition) is 1. The summed E-state index contributed by atoms with van der Waals surface area (Å²) in [5.41, 5.74) is 0.581. The van der Waals surface area contributed by atoms with Crippen molar-refractivity contribution in [2.75, 3.05) is 39.9 Å². The first-order valence-corrected chi connectivity index (χ1v) is 6.17. The zero-order valence-corrected chi connectivity index (χ0v) is 10.9. The quantitative estimate of drug-likeness (QED) is 0.804. The fourth-order valence-electron chi connectivity index (χ4n) is 2.08. The monoisotopic (exact) mass is 252 g/mol. The molecule has 1 amide bonds. The summed E-state index contributed by atoms with van der Waals surface area (Å²) in [4.78, 5) is 18.1. The molecule has 18 heavy (non-hydrogen) atoms. The van der Waals surface area contributed by atoms with Gasteiger partial charge in [0.2, 0.25) is 0 Å². The Labute approximate surface area is 107 Å². The highest BCUT2D eigenvalue weighted by atomic mass is 16.5. The predicted octanol–water partition coefficient (Wildman–Crippen LogP) is -0.272. The standard InChI is InChI=1S/C12H20N4O2/c1-15-3-4-18-8-10(7-15)5-14-12(17)11-6-13-9-16(11)2/h6,9-10H,3-5,7-8H2,1-2H3,(H,14,17)/t10-/m1/s1. The van der Waals surface area contributed by atoms with E-state index in [0.717, 1.165) is 19.7 Å². The maximum atomic E-state index is 11.9. The van der Waals surface area contributed by atoms with Crippen LogP contribution in [0.4, 0.5) is 0 Å². The average Bonchev–Trinajstić information content (AvgIpc) is 2.65. The van der Waals surface area contributed by atoms with Crippen LogP contribution in [-0.2, 0) is 11.8 Å². The molecule has 2 heterocycles. The van der Waals surface area contributed by atoms with E-state index >= 15 is 0 Å². The lowest BCUT2D eigenvalue weighted by Gasteiger charge is -2.19. The summed E-state index contributed by atoms with van der Waals surface area (Å²) >= 11 is 0. The van der Waals surface area contributed by atoms with Crippen LogP contribution in [0.25, 0.3) is 0 Å². The normalized spacial score (nSPS) is 21.6. The molecule has 1 aromatic rings. The number of ether oxygens (including phenoxy) is 1. The molecule has 1 aliphatic rings. The number of imidazole rings is 1. The molecule has 1 atom stereocenters. The van der Waals surface area contributed by atoms with Crippen molar-refractivity contribution in [1.29, 1.82) is 0 Å². The number of nitrogens with zero attached hydrogens (tertiary/aromatic N) is 3. The minimum absolute atomic E-state index is 0.0816. The van der Waals surface area contributed by atoms with Crippen molar-refractivity contribution in [3.63, 3.8) is 0 Å². The van der Waals surface area contributed by atoms with Crippen LogP contribution in [0.1, 0.15) is 10.5 Å². The number of amides is 1. The van der Waals surface area contributed by atoms with Crippen molar-refractivity contribution < 1.29 is 9.53 Å². The third-order valence-electron chi connectivity index (χ3n) is 3.14. The summed E-state index contributed by atoms with van der Waals surface area (Å²) in [7, 11) is 3.88. The van der Waals surface area contributed by atoms with Gasteiger partial charge in [-0.15, -0.1) is 0 Å². The Balaban J connectivity index is 1.84. The Morgan fingerprint density at radius 1 is 1.61 bits per heavy atom. The van der Waals surface area contributed by atoms with Crippen LogP contribution in [0.3, 0.4) is 0 Å². The van der Waals surface area contributed by atoms with Gasteiger partial charge in [0, 0.05) is 32.6 Å². The van der Waals surface area contributed by atoms with E-state index in [0.29, 0.717) is 24.8 Å². The van der Waals surface area contributed by atoms with Gasteiger partial charge in [-0.3, -0.25) is 4.79 Å². The number of carbonyl (C=O) groups is 1. The molecule has 1 fully saturated rings. The molecule has 1 saturated heterocycles. The van der Waals surface area contributed by atoms with E-state index in [1.807, 2.05) is 7.05 Å². The fourth-order valence-corrected chi connectivity index (χ4v) is 2.08. The van der Waals surface area contributed by atoms with Gasteiger partial charge in [-0.1, -0.05) is 0 Å². The number of carbonyl (C=O) groups excluding carboxylic acids is 1. The average molecular weight is 252 g/mol. The summed E-state index contributed by atoms with van der Waals surface area (Å²) in [6, 6.07) is 0. The van der Waals surface area contributed by atoms with E-state index in [1.165, 1.54) is 0 Å². The number of likely N-dealkylation sites (N-methyl/N-ethyl adjacent to an activating group) is 1. The first kappa shape index (κ1) is 13.0. The van der Waals surface area contributed by atoms with E-state index < -0.39 is 0 Å². The summed E-state index contributed by atoms with van der Waals surface area (Å²) in [5.74, 6) is 0.261. The van der Waals surface area contributed by atoms with Gasteiger partial charge in [0.05, 0.1) is 25.7 Å². The number of aryl methyl sites for hydroxylation is 1. The SMILES string of the molecule is CN1CCOC[C@H](CNC(=O)c2cncn2C)C1. The molecule has 1 aromatic heterocycles. The number of rotatable bonds is 3. The first-order chi connectivity index (χ1) is 8.66. The highest BCUT2D eigenvalue weighted by molar-refractivity contribution is 5.92. The lowest BCUT2D eigenvalue weighted by molar-refractivity contribution is 0.0913. The van der Waals surface area contributed by atoms with Crippen LogP contribution in [0, 0.1) is 5.92 Å². The van der Waals surface area contributed by atoms with E-state index in [-0.39, 0.29) is 5.91 Å². The lowest BCUT2D eigenvalue weighted by atomic mass is 10.1. The maximum absolute atomic E-state index is 11.9. The molecule has 1 aliphatic heterocycles. The highest BCUT2D eigenvalue weighted by Gasteiger charge is 2.18. The van der Waals surface area contributed by atoms with Crippen molar-refractivity contribution in [2.45, 2.75) is 0 Å². The molecule has 0 bridgehead atoms. The highest BCUT2D eigenvalue weighted by Crippen LogP contribution is 2.05. The molecule has 0 aromatic carbocycles. The Bertz CT molecular complexity index is 405. The van der Waals surface area contributed by atoms with Crippen LogP contribution in [0.15, 0.2) is 12.5 Å². The van der Waals surface area contributed by atoms with E-state index in [4.69, 9.17) is 4.74 Å². The van der Waals surface area contributed by atoms with Gasteiger partial charge in [0.25, 0.3) is 5.91 Å². The third kappa shape index (κ3) is 3.30. The van der Waals surface area contributed by atoms with Gasteiger partial charge in [-0.2, -0.15) is 0 Å². The van der Waals surface area contributed by atoms with Crippen LogP contribution >= 0.6 is 0 Å². The second-order valence-corrected chi connectivity index (χ2v) is 4.80. The van der Waals surface area contributed by atoms with E-state index in [1.54, 1.807) is 17.1 Å². The molecule has 0 unspecified atom stereocenters. The van der Waals surface area contributed by atoms with Crippen molar-refractivity contribution in [3.05, 3.63) is 18.2 Å². The zero-order valence-electron chi connectivity index (χ0n) is 10.9. The molecule has 0 saturated carbocycles. The molecule has 0 radical (unpaired) electrons. The molecule has 2 rings (SSSR count). The van der Waals surface area contributed by atoms with Crippen LogP contribution < -0.4 is 5.32 Å². The summed E-state index contributed by atoms with van der Waals surface area (Å²) in [6.07, 6.45) is 3.20. The summed E-state index contributed by atoms with van der Waals surface area (Å²) < 4.78 is 7.23. The van der Waals surface area contributed by atoms with Crippen LogP contribution in [0.2, 0.25) is 0 Å². The molecule has 1 N–H and O–H groups in total. The summed E-state index contributed by atoms with van der Waals surface area (Å²) in [5, 5.41) is 2.94. The Morgan fingerprint density at radius 3 is 3.17 bits per heavy atom. The van der Waals surface area contributed by atoms with Gasteiger partial charge in [0.15, 0.2) is 0 Å². The van der Waals surface area contributed by atoms with E-state index in [2.05, 4.69) is 22.2 Å². The van der Waals surface area contributed by atoms with Crippen molar-refractivity contribution in [1.82, 2.24) is 19.8 Å². The molecular weight excluding hydrogens is 232 g/mol.